The lowest BCUT2D eigenvalue weighted by molar-refractivity contribution is 0.0699. The van der Waals surface area contributed by atoms with Crippen molar-refractivity contribution in [3.05, 3.63) is 24.5 Å². The molecule has 1 aliphatic rings. The zero-order valence-corrected chi connectivity index (χ0v) is 14.3. The third kappa shape index (κ3) is 3.07. The maximum absolute atomic E-state index is 5.40. The molecule has 0 amide bonds. The highest BCUT2D eigenvalue weighted by Crippen LogP contribution is 2.27. The Kier molecular flexibility index (Phi) is 4.31. The molecule has 24 heavy (non-hydrogen) atoms. The minimum atomic E-state index is 0.594. The molecule has 1 fully saturated rings. The molecule has 7 nitrogen and oxygen atoms in total. The molecule has 0 spiro atoms. The Balaban J connectivity index is 1.52. The summed E-state index contributed by atoms with van der Waals surface area (Å²) in [6, 6.07) is 3.80. The second-order valence-corrected chi connectivity index (χ2v) is 6.73. The van der Waals surface area contributed by atoms with Gasteiger partial charge in [-0.1, -0.05) is 11.3 Å². The third-order valence-corrected chi connectivity index (χ3v) is 5.09. The lowest BCUT2D eigenvalue weighted by atomic mass is 10.0. The number of pyridine rings is 1. The van der Waals surface area contributed by atoms with Crippen LogP contribution < -0.4 is 10.1 Å². The SMILES string of the molecule is COc1ccc(-c2cnc3sc(NCC4CCOCC4)nn23)cn1. The molecule has 3 aromatic heterocycles. The van der Waals surface area contributed by atoms with E-state index in [4.69, 9.17) is 9.47 Å². The van der Waals surface area contributed by atoms with Gasteiger partial charge in [0.2, 0.25) is 16.0 Å². The van der Waals surface area contributed by atoms with Crippen molar-refractivity contribution >= 4 is 21.4 Å². The van der Waals surface area contributed by atoms with E-state index < -0.39 is 0 Å². The Morgan fingerprint density at radius 3 is 2.92 bits per heavy atom. The number of rotatable bonds is 5. The van der Waals surface area contributed by atoms with Gasteiger partial charge in [-0.2, -0.15) is 0 Å². The number of imidazole rings is 1. The van der Waals surface area contributed by atoms with E-state index in [0.29, 0.717) is 11.8 Å². The zero-order chi connectivity index (χ0) is 16.4. The quantitative estimate of drug-likeness (QED) is 0.766. The molecule has 0 saturated carbocycles. The summed E-state index contributed by atoms with van der Waals surface area (Å²) in [7, 11) is 1.61. The Bertz CT molecular complexity index is 808. The van der Waals surface area contributed by atoms with Gasteiger partial charge in [-0.3, -0.25) is 0 Å². The van der Waals surface area contributed by atoms with Crippen LogP contribution in [0.1, 0.15) is 12.8 Å². The highest BCUT2D eigenvalue weighted by molar-refractivity contribution is 7.20. The molecule has 0 aromatic carbocycles. The highest BCUT2D eigenvalue weighted by Gasteiger charge is 2.16. The number of hydrogen-bond acceptors (Lipinski definition) is 7. The van der Waals surface area contributed by atoms with Crippen molar-refractivity contribution in [2.45, 2.75) is 12.8 Å². The summed E-state index contributed by atoms with van der Waals surface area (Å²) in [5.74, 6) is 1.25. The molecule has 4 heterocycles. The lowest BCUT2D eigenvalue weighted by Crippen LogP contribution is -2.22. The molecule has 1 N–H and O–H groups in total. The van der Waals surface area contributed by atoms with E-state index >= 15 is 0 Å². The predicted octanol–water partition coefficient (Wildman–Crippen LogP) is 2.70. The van der Waals surface area contributed by atoms with Crippen LogP contribution in [0.25, 0.3) is 16.2 Å². The molecular formula is C16H19N5O2S. The number of hydrogen-bond donors (Lipinski definition) is 1. The van der Waals surface area contributed by atoms with Crippen molar-refractivity contribution in [3.63, 3.8) is 0 Å². The number of anilines is 1. The smallest absolute Gasteiger partial charge is 0.214 e. The van der Waals surface area contributed by atoms with Gasteiger partial charge in [-0.15, -0.1) is 5.10 Å². The van der Waals surface area contributed by atoms with Crippen LogP contribution in [0, 0.1) is 5.92 Å². The standard InChI is InChI=1S/C16H19N5O2S/c1-22-14-3-2-12(9-17-14)13-10-19-16-21(13)20-15(24-16)18-8-11-4-6-23-7-5-11/h2-3,9-11H,4-8H2,1H3,(H,18,20). The summed E-state index contributed by atoms with van der Waals surface area (Å²) in [6.07, 6.45) is 5.82. The van der Waals surface area contributed by atoms with Crippen LogP contribution in [0.4, 0.5) is 5.13 Å². The van der Waals surface area contributed by atoms with Crippen molar-refractivity contribution in [3.8, 4) is 17.1 Å². The van der Waals surface area contributed by atoms with E-state index in [0.717, 1.165) is 53.9 Å². The van der Waals surface area contributed by atoms with E-state index in [2.05, 4.69) is 20.4 Å². The van der Waals surface area contributed by atoms with Crippen molar-refractivity contribution < 1.29 is 9.47 Å². The Morgan fingerprint density at radius 2 is 2.17 bits per heavy atom. The van der Waals surface area contributed by atoms with E-state index in [9.17, 15) is 0 Å². The van der Waals surface area contributed by atoms with E-state index in [-0.39, 0.29) is 0 Å². The lowest BCUT2D eigenvalue weighted by Gasteiger charge is -2.21. The number of ether oxygens (including phenoxy) is 2. The van der Waals surface area contributed by atoms with Crippen LogP contribution in [0.15, 0.2) is 24.5 Å². The van der Waals surface area contributed by atoms with E-state index in [1.165, 1.54) is 0 Å². The van der Waals surface area contributed by atoms with Gasteiger partial charge >= 0.3 is 0 Å². The van der Waals surface area contributed by atoms with Gasteiger partial charge in [-0.05, 0) is 24.8 Å². The Hall–Kier alpha value is -2.19. The average molecular weight is 345 g/mol. The molecule has 0 aliphatic carbocycles. The minimum Gasteiger partial charge on any atom is -0.481 e. The van der Waals surface area contributed by atoms with Crippen LogP contribution >= 0.6 is 11.3 Å². The number of nitrogens with zero attached hydrogens (tertiary/aromatic N) is 4. The topological polar surface area (TPSA) is 73.6 Å². The number of fused-ring (bicyclic) bond motifs is 1. The van der Waals surface area contributed by atoms with E-state index in [1.807, 2.05) is 22.8 Å². The van der Waals surface area contributed by atoms with Gasteiger partial charge in [0.25, 0.3) is 0 Å². The summed E-state index contributed by atoms with van der Waals surface area (Å²) in [5.41, 5.74) is 1.89. The molecule has 1 aliphatic heterocycles. The molecule has 0 atom stereocenters. The first-order valence-corrected chi connectivity index (χ1v) is 8.82. The van der Waals surface area contributed by atoms with Gasteiger partial charge in [0.1, 0.15) is 0 Å². The summed E-state index contributed by atoms with van der Waals surface area (Å²) >= 11 is 1.56. The van der Waals surface area contributed by atoms with Gasteiger partial charge in [0, 0.05) is 37.6 Å². The predicted molar refractivity (Wildman–Crippen MR) is 92.7 cm³/mol. The fourth-order valence-electron chi connectivity index (χ4n) is 2.80. The first-order chi connectivity index (χ1) is 11.8. The summed E-state index contributed by atoms with van der Waals surface area (Å²) in [5, 5.41) is 8.99. The first-order valence-electron chi connectivity index (χ1n) is 8.00. The minimum absolute atomic E-state index is 0.594. The summed E-state index contributed by atoms with van der Waals surface area (Å²) in [4.78, 5) is 9.57. The first kappa shape index (κ1) is 15.3. The van der Waals surface area contributed by atoms with Gasteiger partial charge < -0.3 is 14.8 Å². The second-order valence-electron chi connectivity index (χ2n) is 5.77. The summed E-state index contributed by atoms with van der Waals surface area (Å²) in [6.45, 7) is 2.66. The number of aromatic nitrogens is 4. The fourth-order valence-corrected chi connectivity index (χ4v) is 3.58. The van der Waals surface area contributed by atoms with Crippen LogP contribution in [-0.4, -0.2) is 46.5 Å². The fraction of sp³-hybridized carbons (Fsp3) is 0.438. The maximum atomic E-state index is 5.40. The molecule has 0 unspecified atom stereocenters. The number of nitrogens with one attached hydrogen (secondary N) is 1. The zero-order valence-electron chi connectivity index (χ0n) is 13.4. The molecule has 1 saturated heterocycles. The Morgan fingerprint density at radius 1 is 1.29 bits per heavy atom. The van der Waals surface area contributed by atoms with Crippen molar-refractivity contribution in [2.75, 3.05) is 32.2 Å². The van der Waals surface area contributed by atoms with Gasteiger partial charge in [-0.25, -0.2) is 14.5 Å². The third-order valence-electron chi connectivity index (χ3n) is 4.21. The molecule has 3 aromatic rings. The number of methoxy groups -OCH3 is 1. The Labute approximate surface area is 143 Å². The van der Waals surface area contributed by atoms with Crippen molar-refractivity contribution in [1.29, 1.82) is 0 Å². The van der Waals surface area contributed by atoms with Crippen LogP contribution in [0.2, 0.25) is 0 Å². The van der Waals surface area contributed by atoms with Gasteiger partial charge in [0.05, 0.1) is 19.0 Å². The van der Waals surface area contributed by atoms with Crippen LogP contribution in [0.5, 0.6) is 5.88 Å². The molecule has 8 heteroatoms. The molecule has 0 radical (unpaired) electrons. The van der Waals surface area contributed by atoms with Crippen LogP contribution in [-0.2, 0) is 4.74 Å². The monoisotopic (exact) mass is 345 g/mol. The van der Waals surface area contributed by atoms with Crippen LogP contribution in [0.3, 0.4) is 0 Å². The molecule has 126 valence electrons. The summed E-state index contributed by atoms with van der Waals surface area (Å²) < 4.78 is 12.4. The molecule has 4 rings (SSSR count). The van der Waals surface area contributed by atoms with Gasteiger partial charge in [0.15, 0.2) is 0 Å². The highest BCUT2D eigenvalue weighted by atomic mass is 32.1. The molecular weight excluding hydrogens is 326 g/mol. The normalized spacial score (nSPS) is 15.7. The van der Waals surface area contributed by atoms with Crippen molar-refractivity contribution in [2.24, 2.45) is 5.92 Å². The van der Waals surface area contributed by atoms with E-state index in [1.54, 1.807) is 24.6 Å². The average Bonchev–Trinajstić information content (AvgIpc) is 3.21. The second kappa shape index (κ2) is 6.74. The molecule has 0 bridgehead atoms. The van der Waals surface area contributed by atoms with Crippen molar-refractivity contribution in [1.82, 2.24) is 19.6 Å². The largest absolute Gasteiger partial charge is 0.481 e. The maximum Gasteiger partial charge on any atom is 0.214 e.